The molecule has 184 valence electrons. The van der Waals surface area contributed by atoms with Crippen LogP contribution in [0, 0.1) is 10.1 Å². The second-order valence-corrected chi connectivity index (χ2v) is 7.01. The van der Waals surface area contributed by atoms with Crippen LogP contribution >= 0.6 is 12.2 Å². The molecule has 0 unspecified atom stereocenters. The van der Waals surface area contributed by atoms with Crippen LogP contribution in [0.4, 0.5) is 10.5 Å². The lowest BCUT2D eigenvalue weighted by atomic mass is 10.1. The smallest absolute Gasteiger partial charge is 0.426 e. The van der Waals surface area contributed by atoms with Crippen molar-refractivity contribution in [2.24, 2.45) is 0 Å². The fourth-order valence-corrected chi connectivity index (χ4v) is 3.07. The summed E-state index contributed by atoms with van der Waals surface area (Å²) in [5.41, 5.74) is 5.53. The molecule has 0 radical (unpaired) electrons. The van der Waals surface area contributed by atoms with E-state index < -0.39 is 11.0 Å². The van der Waals surface area contributed by atoms with Gasteiger partial charge in [-0.3, -0.25) is 15.5 Å². The lowest BCUT2D eigenvalue weighted by molar-refractivity contribution is -0.385. The molecule has 13 heteroatoms. The molecule has 2 rings (SSSR count). The Kier molecular flexibility index (Phi) is 9.95. The van der Waals surface area contributed by atoms with E-state index in [1.807, 2.05) is 12.1 Å². The van der Waals surface area contributed by atoms with Crippen molar-refractivity contribution in [3.8, 4) is 23.0 Å². The van der Waals surface area contributed by atoms with Crippen LogP contribution in [0.3, 0.4) is 0 Å². The molecule has 0 fully saturated rings. The van der Waals surface area contributed by atoms with Gasteiger partial charge in [0.2, 0.25) is 0 Å². The third kappa shape index (κ3) is 7.27. The van der Waals surface area contributed by atoms with Crippen LogP contribution in [0.5, 0.6) is 23.0 Å². The molecule has 0 aliphatic rings. The number of hydrogen-bond donors (Lipinski definition) is 3. The Balaban J connectivity index is 1.83. The van der Waals surface area contributed by atoms with E-state index in [-0.39, 0.29) is 34.5 Å². The Morgan fingerprint density at radius 3 is 2.24 bits per heavy atom. The van der Waals surface area contributed by atoms with E-state index in [0.717, 1.165) is 5.56 Å². The highest BCUT2D eigenvalue weighted by atomic mass is 32.1. The van der Waals surface area contributed by atoms with Gasteiger partial charge in [0.1, 0.15) is 18.1 Å². The number of hydrazine groups is 1. The number of carbonyl (C=O) groups excluding carboxylic acids is 1. The van der Waals surface area contributed by atoms with E-state index in [1.165, 1.54) is 26.4 Å². The minimum atomic E-state index is -0.886. The first-order chi connectivity index (χ1) is 16.3. The number of nitrogens with zero attached hydrogens (tertiary/aromatic N) is 1. The highest BCUT2D eigenvalue weighted by molar-refractivity contribution is 7.80. The number of nitro benzene ring substituents is 1. The molecular weight excluding hydrogens is 468 g/mol. The highest BCUT2D eigenvalue weighted by Gasteiger charge is 2.20. The van der Waals surface area contributed by atoms with Crippen molar-refractivity contribution in [2.45, 2.75) is 13.0 Å². The van der Waals surface area contributed by atoms with Gasteiger partial charge in [0, 0.05) is 6.54 Å². The van der Waals surface area contributed by atoms with Gasteiger partial charge in [0.05, 0.1) is 45.0 Å². The molecule has 2 aromatic rings. The summed E-state index contributed by atoms with van der Waals surface area (Å²) in [5.74, 6) is 1.87. The van der Waals surface area contributed by atoms with Gasteiger partial charge in [-0.25, -0.2) is 10.2 Å². The van der Waals surface area contributed by atoms with Crippen molar-refractivity contribution >= 4 is 29.1 Å². The van der Waals surface area contributed by atoms with E-state index >= 15 is 0 Å². The number of nitrogens with one attached hydrogen (secondary N) is 3. The second kappa shape index (κ2) is 12.9. The van der Waals surface area contributed by atoms with Crippen molar-refractivity contribution < 1.29 is 33.4 Å². The Hall–Kier alpha value is -4.00. The largest absolute Gasteiger partial charge is 0.497 e. The lowest BCUT2D eigenvalue weighted by Crippen LogP contribution is -2.47. The normalized spacial score (nSPS) is 10.0. The number of methoxy groups -OCH3 is 4. The number of benzene rings is 2. The predicted molar refractivity (Wildman–Crippen MR) is 127 cm³/mol. The second-order valence-electron chi connectivity index (χ2n) is 6.60. The lowest BCUT2D eigenvalue weighted by Gasteiger charge is -2.14. The SMILES string of the molecule is COc1ccc(OC)c(CCNC(=S)NNC(=O)OCc2cc(OC)c(OC)cc2[N+](=O)[O-])c1. The standard InChI is InChI=1S/C21H26N4O8S/c1-29-15-5-6-17(30-2)13(9-15)7-8-22-20(34)23-24-21(26)33-12-14-10-18(31-3)19(32-4)11-16(14)25(27)28/h5-6,9-11H,7-8,12H2,1-4H3,(H,24,26)(H2,22,23,34). The van der Waals surface area contributed by atoms with Gasteiger partial charge in [-0.1, -0.05) is 0 Å². The maximum atomic E-state index is 12.0. The van der Waals surface area contributed by atoms with Gasteiger partial charge >= 0.3 is 6.09 Å². The van der Waals surface area contributed by atoms with E-state index in [0.29, 0.717) is 24.5 Å². The summed E-state index contributed by atoms with van der Waals surface area (Å²) in [7, 11) is 5.92. The van der Waals surface area contributed by atoms with Gasteiger partial charge in [0.25, 0.3) is 5.69 Å². The topological polar surface area (TPSA) is 142 Å². The molecule has 34 heavy (non-hydrogen) atoms. The molecule has 0 atom stereocenters. The first-order valence-electron chi connectivity index (χ1n) is 9.89. The fraction of sp³-hybridized carbons (Fsp3) is 0.333. The fourth-order valence-electron chi connectivity index (χ4n) is 2.92. The van der Waals surface area contributed by atoms with Crippen LogP contribution < -0.4 is 35.1 Å². The zero-order chi connectivity index (χ0) is 25.1. The molecule has 3 N–H and O–H groups in total. The molecule has 0 aliphatic heterocycles. The summed E-state index contributed by atoms with van der Waals surface area (Å²) in [6.07, 6.45) is -0.307. The monoisotopic (exact) mass is 494 g/mol. The first kappa shape index (κ1) is 26.3. The molecule has 12 nitrogen and oxygen atoms in total. The van der Waals surface area contributed by atoms with Crippen molar-refractivity contribution in [1.82, 2.24) is 16.2 Å². The molecule has 0 bridgehead atoms. The van der Waals surface area contributed by atoms with Crippen LogP contribution in [-0.4, -0.2) is 51.1 Å². The summed E-state index contributed by atoms with van der Waals surface area (Å²) in [4.78, 5) is 22.7. The summed E-state index contributed by atoms with van der Waals surface area (Å²) < 4.78 is 25.8. The zero-order valence-electron chi connectivity index (χ0n) is 19.1. The number of nitro groups is 1. The quantitative estimate of drug-likeness (QED) is 0.255. The molecule has 0 aliphatic carbocycles. The van der Waals surface area contributed by atoms with Crippen LogP contribution in [0.1, 0.15) is 11.1 Å². The average molecular weight is 495 g/mol. The summed E-state index contributed by atoms with van der Waals surface area (Å²) in [6, 6.07) is 8.04. The van der Waals surface area contributed by atoms with E-state index in [1.54, 1.807) is 20.3 Å². The summed E-state index contributed by atoms with van der Waals surface area (Å²) in [5, 5.41) is 14.4. The van der Waals surface area contributed by atoms with Crippen LogP contribution in [0.15, 0.2) is 30.3 Å². The van der Waals surface area contributed by atoms with Crippen LogP contribution in [0.25, 0.3) is 0 Å². The van der Waals surface area contributed by atoms with Crippen molar-refractivity contribution in [2.75, 3.05) is 35.0 Å². The number of thiocarbonyl (C=S) groups is 1. The molecule has 0 spiro atoms. The molecule has 0 saturated heterocycles. The van der Waals surface area contributed by atoms with Gasteiger partial charge in [-0.15, -0.1) is 0 Å². The number of rotatable bonds is 10. The third-order valence-electron chi connectivity index (χ3n) is 4.59. The zero-order valence-corrected chi connectivity index (χ0v) is 19.9. The summed E-state index contributed by atoms with van der Waals surface area (Å²) >= 11 is 5.12. The molecule has 2 aromatic carbocycles. The van der Waals surface area contributed by atoms with Crippen molar-refractivity contribution in [3.05, 3.63) is 51.6 Å². The Morgan fingerprint density at radius 1 is 0.941 bits per heavy atom. The van der Waals surface area contributed by atoms with E-state index in [2.05, 4.69) is 16.2 Å². The van der Waals surface area contributed by atoms with Crippen LogP contribution in [-0.2, 0) is 17.8 Å². The minimum absolute atomic E-state index is 0.130. The molecule has 0 saturated carbocycles. The number of ether oxygens (including phenoxy) is 5. The van der Waals surface area contributed by atoms with E-state index in [4.69, 9.17) is 35.9 Å². The molecule has 0 heterocycles. The average Bonchev–Trinajstić information content (AvgIpc) is 2.85. The number of carbonyl (C=O) groups is 1. The van der Waals surface area contributed by atoms with Gasteiger partial charge in [-0.05, 0) is 48.5 Å². The molecular formula is C21H26N4O8S. The number of hydrogen-bond acceptors (Lipinski definition) is 9. The first-order valence-corrected chi connectivity index (χ1v) is 10.3. The predicted octanol–water partition coefficient (Wildman–Crippen LogP) is 2.48. The summed E-state index contributed by atoms with van der Waals surface area (Å²) in [6.45, 7) is 0.0733. The Morgan fingerprint density at radius 2 is 1.62 bits per heavy atom. The Bertz CT molecular complexity index is 1030. The maximum absolute atomic E-state index is 12.0. The highest BCUT2D eigenvalue weighted by Crippen LogP contribution is 2.34. The number of amides is 1. The Labute approximate surface area is 201 Å². The third-order valence-corrected chi connectivity index (χ3v) is 4.83. The molecule has 0 aromatic heterocycles. The van der Waals surface area contributed by atoms with Crippen molar-refractivity contribution in [1.29, 1.82) is 0 Å². The van der Waals surface area contributed by atoms with Gasteiger partial charge in [-0.2, -0.15) is 0 Å². The minimum Gasteiger partial charge on any atom is -0.497 e. The van der Waals surface area contributed by atoms with Crippen LogP contribution in [0.2, 0.25) is 0 Å². The molecule has 1 amide bonds. The van der Waals surface area contributed by atoms with Crippen molar-refractivity contribution in [3.63, 3.8) is 0 Å². The van der Waals surface area contributed by atoms with Gasteiger partial charge in [0.15, 0.2) is 16.6 Å². The van der Waals surface area contributed by atoms with E-state index in [9.17, 15) is 14.9 Å². The van der Waals surface area contributed by atoms with Gasteiger partial charge < -0.3 is 29.0 Å². The maximum Gasteiger partial charge on any atom is 0.426 e.